The first-order valence-corrected chi connectivity index (χ1v) is 6.49. The van der Waals surface area contributed by atoms with Crippen molar-refractivity contribution in [2.75, 3.05) is 6.54 Å². The van der Waals surface area contributed by atoms with E-state index >= 15 is 0 Å². The van der Waals surface area contributed by atoms with Gasteiger partial charge < -0.3 is 5.32 Å². The van der Waals surface area contributed by atoms with E-state index in [9.17, 15) is 0 Å². The van der Waals surface area contributed by atoms with Gasteiger partial charge in [0, 0.05) is 13.1 Å². The monoisotopic (exact) mass is 233 g/mol. The van der Waals surface area contributed by atoms with E-state index in [1.54, 1.807) is 0 Å². The van der Waals surface area contributed by atoms with E-state index in [4.69, 9.17) is 0 Å². The van der Waals surface area contributed by atoms with Gasteiger partial charge in [-0.3, -0.25) is 0 Å². The topological polar surface area (TPSA) is 12.0 Å². The maximum Gasteiger partial charge on any atom is 0.0205 e. The molecule has 1 heteroatoms. The summed E-state index contributed by atoms with van der Waals surface area (Å²) in [6.45, 7) is 15.5. The van der Waals surface area contributed by atoms with Gasteiger partial charge in [0.15, 0.2) is 0 Å². The zero-order valence-electron chi connectivity index (χ0n) is 12.2. The smallest absolute Gasteiger partial charge is 0.0205 e. The number of nitrogens with one attached hydrogen (secondary N) is 1. The molecule has 1 rings (SSSR count). The third-order valence-electron chi connectivity index (χ3n) is 2.80. The van der Waals surface area contributed by atoms with Crippen LogP contribution in [0.15, 0.2) is 24.3 Å². The van der Waals surface area contributed by atoms with Crippen LogP contribution in [0.2, 0.25) is 0 Å². The Morgan fingerprint density at radius 2 is 1.41 bits per heavy atom. The Hall–Kier alpha value is -0.820. The fourth-order valence-corrected chi connectivity index (χ4v) is 1.70. The molecule has 0 aliphatic rings. The van der Waals surface area contributed by atoms with Gasteiger partial charge in [-0.15, -0.1) is 0 Å². The summed E-state index contributed by atoms with van der Waals surface area (Å²) in [6.07, 6.45) is 0. The van der Waals surface area contributed by atoms with Gasteiger partial charge in [-0.2, -0.15) is 0 Å². The molecule has 0 aliphatic carbocycles. The van der Waals surface area contributed by atoms with Gasteiger partial charge >= 0.3 is 0 Å². The molecule has 0 aliphatic heterocycles. The second-order valence-electron chi connectivity index (χ2n) is 7.11. The van der Waals surface area contributed by atoms with Crippen molar-refractivity contribution in [1.29, 1.82) is 0 Å². The molecule has 0 spiro atoms. The van der Waals surface area contributed by atoms with Crippen molar-refractivity contribution in [3.05, 3.63) is 35.4 Å². The van der Waals surface area contributed by atoms with Crippen molar-refractivity contribution in [2.24, 2.45) is 5.41 Å². The number of benzene rings is 1. The highest BCUT2D eigenvalue weighted by Crippen LogP contribution is 2.22. The van der Waals surface area contributed by atoms with Crippen LogP contribution in [-0.2, 0) is 12.0 Å². The molecule has 1 nitrogen and oxygen atoms in total. The van der Waals surface area contributed by atoms with Crippen molar-refractivity contribution in [3.8, 4) is 0 Å². The molecule has 1 N–H and O–H groups in total. The minimum atomic E-state index is 0.247. The Labute approximate surface area is 107 Å². The van der Waals surface area contributed by atoms with Crippen LogP contribution in [0.4, 0.5) is 0 Å². The number of rotatable bonds is 3. The molecule has 0 saturated carbocycles. The molecule has 0 saturated heterocycles. The molecule has 0 bridgehead atoms. The van der Waals surface area contributed by atoms with Crippen LogP contribution in [0.25, 0.3) is 0 Å². The molecule has 0 atom stereocenters. The highest BCUT2D eigenvalue weighted by Gasteiger charge is 2.13. The van der Waals surface area contributed by atoms with Gasteiger partial charge in [-0.25, -0.2) is 0 Å². The minimum absolute atomic E-state index is 0.247. The third-order valence-corrected chi connectivity index (χ3v) is 2.80. The zero-order chi connectivity index (χ0) is 13.1. The summed E-state index contributed by atoms with van der Waals surface area (Å²) in [4.78, 5) is 0. The van der Waals surface area contributed by atoms with Gasteiger partial charge in [-0.05, 0) is 22.0 Å². The second-order valence-corrected chi connectivity index (χ2v) is 7.11. The lowest BCUT2D eigenvalue weighted by Crippen LogP contribution is -2.26. The standard InChI is InChI=1S/C16H27N/c1-15(2,3)12-17-11-13-7-9-14(10-8-13)16(4,5)6/h7-10,17H,11-12H2,1-6H3. The fourth-order valence-electron chi connectivity index (χ4n) is 1.70. The van der Waals surface area contributed by atoms with Crippen molar-refractivity contribution in [2.45, 2.75) is 53.5 Å². The minimum Gasteiger partial charge on any atom is -0.312 e. The summed E-state index contributed by atoms with van der Waals surface area (Å²) in [6, 6.07) is 8.95. The summed E-state index contributed by atoms with van der Waals surface area (Å²) in [5.41, 5.74) is 3.36. The molecule has 1 aromatic carbocycles. The third kappa shape index (κ3) is 5.36. The Kier molecular flexibility index (Phi) is 4.37. The SMILES string of the molecule is CC(C)(C)CNCc1ccc(C(C)(C)C)cc1. The number of hydrogen-bond acceptors (Lipinski definition) is 1. The first kappa shape index (κ1) is 14.2. The molecule has 0 fully saturated rings. The van der Waals surface area contributed by atoms with E-state index < -0.39 is 0 Å². The molecule has 96 valence electrons. The van der Waals surface area contributed by atoms with E-state index in [2.05, 4.69) is 71.1 Å². The van der Waals surface area contributed by atoms with E-state index in [0.717, 1.165) is 13.1 Å². The van der Waals surface area contributed by atoms with Crippen LogP contribution in [0.1, 0.15) is 52.7 Å². The normalized spacial score (nSPS) is 12.8. The quantitative estimate of drug-likeness (QED) is 0.828. The highest BCUT2D eigenvalue weighted by atomic mass is 14.9. The molecule has 0 aromatic heterocycles. The van der Waals surface area contributed by atoms with Gasteiger partial charge in [-0.1, -0.05) is 65.8 Å². The largest absolute Gasteiger partial charge is 0.312 e. The molecular formula is C16H27N. The lowest BCUT2D eigenvalue weighted by atomic mass is 9.87. The molecule has 1 aromatic rings. The molecular weight excluding hydrogens is 206 g/mol. The lowest BCUT2D eigenvalue weighted by molar-refractivity contribution is 0.379. The molecule has 0 heterocycles. The summed E-state index contributed by atoms with van der Waals surface area (Å²) >= 11 is 0. The number of hydrogen-bond donors (Lipinski definition) is 1. The van der Waals surface area contributed by atoms with Crippen LogP contribution in [0.5, 0.6) is 0 Å². The van der Waals surface area contributed by atoms with Gasteiger partial charge in [0.1, 0.15) is 0 Å². The average molecular weight is 233 g/mol. The maximum absolute atomic E-state index is 3.50. The fraction of sp³-hybridized carbons (Fsp3) is 0.625. The lowest BCUT2D eigenvalue weighted by Gasteiger charge is -2.20. The summed E-state index contributed by atoms with van der Waals surface area (Å²) < 4.78 is 0. The van der Waals surface area contributed by atoms with Gasteiger partial charge in [0.05, 0.1) is 0 Å². The summed E-state index contributed by atoms with van der Waals surface area (Å²) in [5.74, 6) is 0. The first-order chi connectivity index (χ1) is 7.68. The average Bonchev–Trinajstić information content (AvgIpc) is 2.15. The first-order valence-electron chi connectivity index (χ1n) is 6.49. The van der Waals surface area contributed by atoms with Crippen LogP contribution in [0, 0.1) is 5.41 Å². The van der Waals surface area contributed by atoms with Crippen molar-refractivity contribution in [1.82, 2.24) is 5.32 Å². The van der Waals surface area contributed by atoms with Gasteiger partial charge in [0.25, 0.3) is 0 Å². The predicted molar refractivity (Wildman–Crippen MR) is 76.3 cm³/mol. The van der Waals surface area contributed by atoms with Crippen LogP contribution in [-0.4, -0.2) is 6.54 Å². The van der Waals surface area contributed by atoms with E-state index in [1.165, 1.54) is 11.1 Å². The Morgan fingerprint density at radius 3 is 1.82 bits per heavy atom. The Morgan fingerprint density at radius 1 is 0.882 bits per heavy atom. The maximum atomic E-state index is 3.50. The summed E-state index contributed by atoms with van der Waals surface area (Å²) in [7, 11) is 0. The van der Waals surface area contributed by atoms with E-state index in [1.807, 2.05) is 0 Å². The second kappa shape index (κ2) is 5.22. The van der Waals surface area contributed by atoms with Crippen molar-refractivity contribution < 1.29 is 0 Å². The molecule has 0 radical (unpaired) electrons. The van der Waals surface area contributed by atoms with Crippen molar-refractivity contribution in [3.63, 3.8) is 0 Å². The van der Waals surface area contributed by atoms with Crippen LogP contribution >= 0.6 is 0 Å². The van der Waals surface area contributed by atoms with Gasteiger partial charge in [0.2, 0.25) is 0 Å². The van der Waals surface area contributed by atoms with Crippen molar-refractivity contribution >= 4 is 0 Å². The Balaban J connectivity index is 2.52. The van der Waals surface area contributed by atoms with Crippen LogP contribution < -0.4 is 5.32 Å². The van der Waals surface area contributed by atoms with E-state index in [0.29, 0.717) is 5.41 Å². The van der Waals surface area contributed by atoms with Crippen LogP contribution in [0.3, 0.4) is 0 Å². The predicted octanol–water partition coefficient (Wildman–Crippen LogP) is 4.12. The highest BCUT2D eigenvalue weighted by molar-refractivity contribution is 5.27. The summed E-state index contributed by atoms with van der Waals surface area (Å²) in [5, 5.41) is 3.50. The Bertz CT molecular complexity index is 335. The molecule has 0 unspecified atom stereocenters. The van der Waals surface area contributed by atoms with E-state index in [-0.39, 0.29) is 5.41 Å². The molecule has 0 amide bonds. The molecule has 17 heavy (non-hydrogen) atoms. The zero-order valence-corrected chi connectivity index (χ0v) is 12.2.